The molecule has 1 aromatic carbocycles. The summed E-state index contributed by atoms with van der Waals surface area (Å²) in [5.41, 5.74) is -3.82. The molecule has 3 aliphatic carbocycles. The average Bonchev–Trinajstić information content (AvgIpc) is 2.87. The standard InChI is InChI=1S/C34H45FO7/c1-9-19(14-35)10-11-20-12-21(16(2)3)22-13-32(7)15-33(8)25(17(4)5)28(38)23(18(6)36)30(40)34(33,42)31(41)26(32)29(39)24(22)27(20)37/h12,16-17,19,25,37-38,41-42H,9-11,13-15H2,1-8H3/t19?,25?,32-,33-,34+/m1/s1. The van der Waals surface area contributed by atoms with E-state index in [1.807, 2.05) is 40.7 Å². The molecule has 0 saturated heterocycles. The van der Waals surface area contributed by atoms with E-state index in [0.29, 0.717) is 30.4 Å². The molecule has 0 spiro atoms. The first-order valence-corrected chi connectivity index (χ1v) is 15.1. The van der Waals surface area contributed by atoms with Crippen molar-refractivity contribution in [2.24, 2.45) is 28.6 Å². The Morgan fingerprint density at radius 2 is 1.74 bits per heavy atom. The quantitative estimate of drug-likeness (QED) is 0.260. The Labute approximate surface area is 247 Å². The van der Waals surface area contributed by atoms with E-state index in [2.05, 4.69) is 0 Å². The van der Waals surface area contributed by atoms with Gasteiger partial charge in [0, 0.05) is 22.3 Å². The number of rotatable bonds is 8. The van der Waals surface area contributed by atoms with Gasteiger partial charge < -0.3 is 20.4 Å². The summed E-state index contributed by atoms with van der Waals surface area (Å²) in [7, 11) is 0. The second-order valence-electron chi connectivity index (χ2n) is 13.9. The molecule has 0 radical (unpaired) electrons. The number of allylic oxidation sites excluding steroid dienone is 2. The number of alkyl halides is 1. The van der Waals surface area contributed by atoms with E-state index in [0.717, 1.165) is 12.5 Å². The molecule has 7 nitrogen and oxygen atoms in total. The van der Waals surface area contributed by atoms with Crippen LogP contribution in [-0.2, 0) is 22.4 Å². The summed E-state index contributed by atoms with van der Waals surface area (Å²) in [4.78, 5) is 40.8. The Kier molecular flexibility index (Phi) is 8.07. The van der Waals surface area contributed by atoms with Crippen LogP contribution in [0, 0.1) is 28.6 Å². The summed E-state index contributed by atoms with van der Waals surface area (Å²) in [5.74, 6) is -5.39. The van der Waals surface area contributed by atoms with E-state index in [4.69, 9.17) is 0 Å². The van der Waals surface area contributed by atoms with Crippen molar-refractivity contribution in [3.8, 4) is 5.75 Å². The van der Waals surface area contributed by atoms with Gasteiger partial charge in [0.05, 0.1) is 12.2 Å². The number of aliphatic hydroxyl groups excluding tert-OH is 2. The van der Waals surface area contributed by atoms with Crippen molar-refractivity contribution >= 4 is 17.3 Å². The fourth-order valence-electron chi connectivity index (χ4n) is 8.34. The smallest absolute Gasteiger partial charge is 0.209 e. The number of Topliss-reactive ketones (excluding diaryl/α,β-unsaturated/α-hetero) is 3. The number of hydrogen-bond acceptors (Lipinski definition) is 7. The predicted octanol–water partition coefficient (Wildman–Crippen LogP) is 6.40. The van der Waals surface area contributed by atoms with Crippen molar-refractivity contribution in [1.82, 2.24) is 0 Å². The molecule has 0 amide bonds. The van der Waals surface area contributed by atoms with E-state index < -0.39 is 63.5 Å². The van der Waals surface area contributed by atoms with Crippen LogP contribution in [0.5, 0.6) is 5.75 Å². The molecular weight excluding hydrogens is 539 g/mol. The van der Waals surface area contributed by atoms with Crippen LogP contribution >= 0.6 is 0 Å². The van der Waals surface area contributed by atoms with E-state index in [9.17, 15) is 39.2 Å². The number of benzene rings is 1. The van der Waals surface area contributed by atoms with Gasteiger partial charge in [-0.2, -0.15) is 0 Å². The van der Waals surface area contributed by atoms with Crippen molar-refractivity contribution < 1.29 is 39.2 Å². The number of carbonyl (C=O) groups is 3. The molecule has 4 rings (SSSR count). The van der Waals surface area contributed by atoms with Crippen molar-refractivity contribution in [2.75, 3.05) is 6.67 Å². The molecule has 0 aliphatic heterocycles. The summed E-state index contributed by atoms with van der Waals surface area (Å²) in [6.07, 6.45) is 1.79. The zero-order valence-corrected chi connectivity index (χ0v) is 26.0. The van der Waals surface area contributed by atoms with Gasteiger partial charge in [-0.05, 0) is 67.1 Å². The van der Waals surface area contributed by atoms with Crippen molar-refractivity contribution in [3.05, 3.63) is 51.0 Å². The lowest BCUT2D eigenvalue weighted by atomic mass is 9.44. The van der Waals surface area contributed by atoms with Gasteiger partial charge in [0.15, 0.2) is 17.2 Å². The highest BCUT2D eigenvalue weighted by Crippen LogP contribution is 2.65. The number of aliphatic hydroxyl groups is 3. The summed E-state index contributed by atoms with van der Waals surface area (Å²) < 4.78 is 13.4. The third-order valence-corrected chi connectivity index (χ3v) is 10.4. The van der Waals surface area contributed by atoms with Gasteiger partial charge >= 0.3 is 0 Å². The van der Waals surface area contributed by atoms with Crippen LogP contribution in [0.25, 0.3) is 0 Å². The topological polar surface area (TPSA) is 132 Å². The molecule has 0 saturated carbocycles. The summed E-state index contributed by atoms with van der Waals surface area (Å²) in [6.45, 7) is 13.6. The minimum atomic E-state index is -2.64. The monoisotopic (exact) mass is 584 g/mol. The van der Waals surface area contributed by atoms with Crippen LogP contribution in [0.1, 0.15) is 108 Å². The SMILES string of the molecule is CCC(CF)CCc1cc(C(C)C)c2c(c1O)C(=O)C1=C(O)[C@@]3(O)C(=O)C(C(C)=O)=C(O)C(C(C)C)[C@@]3(C)C[C@@]1(C)C2. The van der Waals surface area contributed by atoms with Crippen LogP contribution in [-0.4, -0.2) is 50.1 Å². The summed E-state index contributed by atoms with van der Waals surface area (Å²) in [5, 5.41) is 46.8. The van der Waals surface area contributed by atoms with E-state index >= 15 is 0 Å². The molecule has 0 heterocycles. The number of phenolic OH excluding ortho intramolecular Hbond substituents is 1. The van der Waals surface area contributed by atoms with E-state index in [-0.39, 0.29) is 47.5 Å². The van der Waals surface area contributed by atoms with Crippen LogP contribution < -0.4 is 0 Å². The molecule has 0 aromatic heterocycles. The lowest BCUT2D eigenvalue weighted by molar-refractivity contribution is -0.171. The maximum atomic E-state index is 14.4. The Balaban J connectivity index is 2.00. The highest BCUT2D eigenvalue weighted by molar-refractivity contribution is 6.25. The number of fused-ring (bicyclic) bond motifs is 3. The highest BCUT2D eigenvalue weighted by atomic mass is 19.1. The Hall–Kier alpha value is -3.00. The van der Waals surface area contributed by atoms with Gasteiger partial charge in [0.25, 0.3) is 0 Å². The predicted molar refractivity (Wildman–Crippen MR) is 157 cm³/mol. The second kappa shape index (κ2) is 10.6. The molecule has 0 fully saturated rings. The molecule has 8 heteroatoms. The zero-order valence-electron chi connectivity index (χ0n) is 26.0. The summed E-state index contributed by atoms with van der Waals surface area (Å²) in [6, 6.07) is 1.89. The number of carbonyl (C=O) groups excluding carboxylic acids is 3. The molecule has 5 atom stereocenters. The minimum Gasteiger partial charge on any atom is -0.511 e. The molecule has 42 heavy (non-hydrogen) atoms. The zero-order chi connectivity index (χ0) is 31.7. The lowest BCUT2D eigenvalue weighted by Crippen LogP contribution is -2.67. The number of aryl methyl sites for hydroxylation is 1. The Morgan fingerprint density at radius 1 is 1.12 bits per heavy atom. The normalized spacial score (nSPS) is 30.0. The first kappa shape index (κ1) is 31.9. The molecule has 2 unspecified atom stereocenters. The maximum absolute atomic E-state index is 14.4. The fraction of sp³-hybridized carbons (Fsp3) is 0.618. The van der Waals surface area contributed by atoms with Crippen molar-refractivity contribution in [3.63, 3.8) is 0 Å². The van der Waals surface area contributed by atoms with Gasteiger partial charge in [0.1, 0.15) is 22.8 Å². The first-order chi connectivity index (χ1) is 19.4. The van der Waals surface area contributed by atoms with Crippen LogP contribution in [0.4, 0.5) is 4.39 Å². The number of hydrogen-bond donors (Lipinski definition) is 4. The third kappa shape index (κ3) is 4.27. The number of aromatic hydroxyl groups is 1. The molecule has 4 N–H and O–H groups in total. The molecule has 1 aromatic rings. The minimum absolute atomic E-state index is 0.0161. The van der Waals surface area contributed by atoms with E-state index in [1.54, 1.807) is 13.8 Å². The van der Waals surface area contributed by atoms with Crippen LogP contribution in [0.15, 0.2) is 28.7 Å². The third-order valence-electron chi connectivity index (χ3n) is 10.4. The molecule has 230 valence electrons. The van der Waals surface area contributed by atoms with Gasteiger partial charge in [-0.1, -0.05) is 61.0 Å². The Morgan fingerprint density at radius 3 is 2.24 bits per heavy atom. The molecule has 3 aliphatic rings. The lowest BCUT2D eigenvalue weighted by Gasteiger charge is -2.59. The van der Waals surface area contributed by atoms with Crippen molar-refractivity contribution in [1.29, 1.82) is 0 Å². The van der Waals surface area contributed by atoms with Crippen LogP contribution in [0.2, 0.25) is 0 Å². The average molecular weight is 585 g/mol. The number of ketones is 3. The molecular formula is C34H45FO7. The van der Waals surface area contributed by atoms with Gasteiger partial charge in [-0.25, -0.2) is 0 Å². The van der Waals surface area contributed by atoms with Gasteiger partial charge in [0.2, 0.25) is 5.78 Å². The number of halogens is 1. The Bertz CT molecular complexity index is 1420. The second-order valence-corrected chi connectivity index (χ2v) is 13.9. The van der Waals surface area contributed by atoms with Crippen molar-refractivity contribution in [2.45, 2.75) is 99.0 Å². The van der Waals surface area contributed by atoms with Gasteiger partial charge in [-0.15, -0.1) is 0 Å². The highest BCUT2D eigenvalue weighted by Gasteiger charge is 2.71. The van der Waals surface area contributed by atoms with E-state index in [1.165, 1.54) is 0 Å². The largest absolute Gasteiger partial charge is 0.511 e. The first-order valence-electron chi connectivity index (χ1n) is 15.1. The van der Waals surface area contributed by atoms with Crippen LogP contribution in [0.3, 0.4) is 0 Å². The van der Waals surface area contributed by atoms with Gasteiger partial charge in [-0.3, -0.25) is 18.8 Å². The fourth-order valence-corrected chi connectivity index (χ4v) is 8.34. The number of phenols is 1. The maximum Gasteiger partial charge on any atom is 0.209 e. The summed E-state index contributed by atoms with van der Waals surface area (Å²) >= 11 is 0. The molecule has 0 bridgehead atoms.